The Morgan fingerprint density at radius 2 is 2.07 bits per heavy atom. The highest BCUT2D eigenvalue weighted by molar-refractivity contribution is 5.74. The van der Waals surface area contributed by atoms with Crippen LogP contribution in [0.4, 0.5) is 5.69 Å². The van der Waals surface area contributed by atoms with E-state index in [-0.39, 0.29) is 5.41 Å². The van der Waals surface area contributed by atoms with Crippen molar-refractivity contribution < 1.29 is 4.79 Å². The second-order valence-electron chi connectivity index (χ2n) is 4.22. The molecular weight excluding hydrogens is 174 g/mol. The Morgan fingerprint density at radius 1 is 1.36 bits per heavy atom. The fourth-order valence-electron chi connectivity index (χ4n) is 1.70. The zero-order valence-electron chi connectivity index (χ0n) is 8.66. The Balaban J connectivity index is 2.35. The molecule has 14 heavy (non-hydrogen) atoms. The van der Waals surface area contributed by atoms with Gasteiger partial charge in [-0.1, -0.05) is 12.1 Å². The minimum absolute atomic E-state index is 0.147. The number of rotatable bonds is 3. The van der Waals surface area contributed by atoms with Gasteiger partial charge in [0, 0.05) is 19.8 Å². The van der Waals surface area contributed by atoms with Crippen LogP contribution in [-0.4, -0.2) is 20.4 Å². The Morgan fingerprint density at radius 3 is 2.57 bits per heavy atom. The van der Waals surface area contributed by atoms with Gasteiger partial charge < -0.3 is 9.69 Å². The number of carbonyl (C=O) groups is 1. The molecular formula is C12H15NO. The van der Waals surface area contributed by atoms with E-state index in [0.29, 0.717) is 0 Å². The fourth-order valence-corrected chi connectivity index (χ4v) is 1.70. The zero-order valence-corrected chi connectivity index (χ0v) is 8.66. The van der Waals surface area contributed by atoms with E-state index in [1.165, 1.54) is 5.56 Å². The topological polar surface area (TPSA) is 20.3 Å². The Labute approximate surface area is 84.5 Å². The van der Waals surface area contributed by atoms with Gasteiger partial charge in [0.05, 0.1) is 5.41 Å². The van der Waals surface area contributed by atoms with Gasteiger partial charge in [-0.05, 0) is 30.5 Å². The second-order valence-corrected chi connectivity index (χ2v) is 4.22. The maximum Gasteiger partial charge on any atom is 0.130 e. The first-order valence-corrected chi connectivity index (χ1v) is 4.92. The number of nitrogens with zero attached hydrogens (tertiary/aromatic N) is 1. The monoisotopic (exact) mass is 189 g/mol. The van der Waals surface area contributed by atoms with Crippen LogP contribution in [0.2, 0.25) is 0 Å². The van der Waals surface area contributed by atoms with Crippen LogP contribution in [0, 0.1) is 0 Å². The van der Waals surface area contributed by atoms with E-state index in [0.717, 1.165) is 24.8 Å². The van der Waals surface area contributed by atoms with Crippen molar-refractivity contribution in [3.05, 3.63) is 29.8 Å². The summed E-state index contributed by atoms with van der Waals surface area (Å²) >= 11 is 0. The highest BCUT2D eigenvalue weighted by Crippen LogP contribution is 2.46. The van der Waals surface area contributed by atoms with Gasteiger partial charge in [0.2, 0.25) is 0 Å². The number of hydrogen-bond acceptors (Lipinski definition) is 2. The molecule has 0 N–H and O–H groups in total. The van der Waals surface area contributed by atoms with Crippen molar-refractivity contribution in [3.63, 3.8) is 0 Å². The summed E-state index contributed by atoms with van der Waals surface area (Å²) in [7, 11) is 4.03. The third-order valence-electron chi connectivity index (χ3n) is 2.95. The minimum atomic E-state index is -0.147. The summed E-state index contributed by atoms with van der Waals surface area (Å²) in [6.45, 7) is 0. The van der Waals surface area contributed by atoms with E-state index in [2.05, 4.69) is 23.1 Å². The summed E-state index contributed by atoms with van der Waals surface area (Å²) in [5, 5.41) is 0. The third-order valence-corrected chi connectivity index (χ3v) is 2.95. The molecule has 74 valence electrons. The molecule has 1 aliphatic carbocycles. The smallest absolute Gasteiger partial charge is 0.130 e. The van der Waals surface area contributed by atoms with Gasteiger partial charge in [0.1, 0.15) is 6.29 Å². The van der Waals surface area contributed by atoms with Gasteiger partial charge in [-0.15, -0.1) is 0 Å². The first-order chi connectivity index (χ1) is 6.68. The van der Waals surface area contributed by atoms with E-state index in [9.17, 15) is 4.79 Å². The lowest BCUT2D eigenvalue weighted by molar-refractivity contribution is -0.109. The highest BCUT2D eigenvalue weighted by atomic mass is 16.1. The van der Waals surface area contributed by atoms with Crippen molar-refractivity contribution in [2.24, 2.45) is 0 Å². The van der Waals surface area contributed by atoms with Crippen LogP contribution in [0.15, 0.2) is 24.3 Å². The molecule has 0 amide bonds. The van der Waals surface area contributed by atoms with Gasteiger partial charge in [-0.3, -0.25) is 0 Å². The molecule has 2 heteroatoms. The molecule has 0 aliphatic heterocycles. The second kappa shape index (κ2) is 3.12. The summed E-state index contributed by atoms with van der Waals surface area (Å²) in [4.78, 5) is 13.0. The predicted octanol–water partition coefficient (Wildman–Crippen LogP) is 1.98. The van der Waals surface area contributed by atoms with Crippen LogP contribution in [0.5, 0.6) is 0 Å². The first kappa shape index (κ1) is 9.25. The molecule has 1 aromatic rings. The number of anilines is 1. The lowest BCUT2D eigenvalue weighted by atomic mass is 9.97. The number of benzene rings is 1. The molecule has 0 heterocycles. The Hall–Kier alpha value is -1.31. The van der Waals surface area contributed by atoms with Crippen molar-refractivity contribution in [1.29, 1.82) is 0 Å². The van der Waals surface area contributed by atoms with Crippen molar-refractivity contribution in [3.8, 4) is 0 Å². The van der Waals surface area contributed by atoms with Crippen LogP contribution in [0.3, 0.4) is 0 Å². The zero-order chi connectivity index (χ0) is 10.2. The van der Waals surface area contributed by atoms with Crippen molar-refractivity contribution in [1.82, 2.24) is 0 Å². The number of hydrogen-bond donors (Lipinski definition) is 0. The Bertz CT molecular complexity index is 353. The van der Waals surface area contributed by atoms with E-state index < -0.39 is 0 Å². The maximum atomic E-state index is 11.0. The summed E-state index contributed by atoms with van der Waals surface area (Å²) in [6, 6.07) is 8.24. The number of carbonyl (C=O) groups excluding carboxylic acids is 1. The number of aldehydes is 1. The van der Waals surface area contributed by atoms with Crippen LogP contribution in [-0.2, 0) is 10.2 Å². The molecule has 1 aliphatic rings. The van der Waals surface area contributed by atoms with Crippen molar-refractivity contribution >= 4 is 12.0 Å². The average Bonchev–Trinajstić information content (AvgIpc) is 2.98. The van der Waals surface area contributed by atoms with E-state index in [4.69, 9.17) is 0 Å². The third kappa shape index (κ3) is 1.41. The van der Waals surface area contributed by atoms with Crippen LogP contribution in [0.1, 0.15) is 18.4 Å². The maximum absolute atomic E-state index is 11.0. The van der Waals surface area contributed by atoms with Crippen LogP contribution >= 0.6 is 0 Å². The lowest BCUT2D eigenvalue weighted by Gasteiger charge is -2.15. The molecule has 2 nitrogen and oxygen atoms in total. The van der Waals surface area contributed by atoms with Gasteiger partial charge in [0.15, 0.2) is 0 Å². The predicted molar refractivity (Wildman–Crippen MR) is 57.7 cm³/mol. The van der Waals surface area contributed by atoms with E-state index in [1.54, 1.807) is 0 Å². The van der Waals surface area contributed by atoms with Crippen molar-refractivity contribution in [2.75, 3.05) is 19.0 Å². The summed E-state index contributed by atoms with van der Waals surface area (Å²) in [5.41, 5.74) is 2.18. The van der Waals surface area contributed by atoms with Gasteiger partial charge in [0.25, 0.3) is 0 Å². The Kier molecular flexibility index (Phi) is 2.06. The molecule has 1 saturated carbocycles. The van der Waals surface area contributed by atoms with Gasteiger partial charge >= 0.3 is 0 Å². The molecule has 2 rings (SSSR count). The van der Waals surface area contributed by atoms with Crippen LogP contribution < -0.4 is 4.90 Å². The first-order valence-electron chi connectivity index (χ1n) is 4.92. The molecule has 0 radical (unpaired) electrons. The normalized spacial score (nSPS) is 17.6. The lowest BCUT2D eigenvalue weighted by Crippen LogP contribution is -2.12. The quantitative estimate of drug-likeness (QED) is 0.678. The minimum Gasteiger partial charge on any atom is -0.378 e. The molecule has 0 atom stereocenters. The molecule has 1 aromatic carbocycles. The van der Waals surface area contributed by atoms with Crippen LogP contribution in [0.25, 0.3) is 0 Å². The average molecular weight is 189 g/mol. The standard InChI is InChI=1S/C12H15NO/c1-13(2)11-5-3-4-10(8-11)12(9-14)6-7-12/h3-5,8-9H,6-7H2,1-2H3. The summed E-state index contributed by atoms with van der Waals surface area (Å²) in [6.07, 6.45) is 3.11. The molecule has 0 spiro atoms. The molecule has 0 saturated heterocycles. The SMILES string of the molecule is CN(C)c1cccc(C2(C=O)CC2)c1. The largest absolute Gasteiger partial charge is 0.378 e. The molecule has 1 fully saturated rings. The summed E-state index contributed by atoms with van der Waals surface area (Å²) < 4.78 is 0. The van der Waals surface area contributed by atoms with Gasteiger partial charge in [-0.2, -0.15) is 0 Å². The fraction of sp³-hybridized carbons (Fsp3) is 0.417. The highest BCUT2D eigenvalue weighted by Gasteiger charge is 2.44. The van der Waals surface area contributed by atoms with Gasteiger partial charge in [-0.25, -0.2) is 0 Å². The summed E-state index contributed by atoms with van der Waals surface area (Å²) in [5.74, 6) is 0. The molecule has 0 bridgehead atoms. The molecule has 0 aromatic heterocycles. The van der Waals surface area contributed by atoms with Crippen molar-refractivity contribution in [2.45, 2.75) is 18.3 Å². The van der Waals surface area contributed by atoms with E-state index >= 15 is 0 Å². The van der Waals surface area contributed by atoms with E-state index in [1.807, 2.05) is 20.2 Å². The molecule has 0 unspecified atom stereocenters.